The van der Waals surface area contributed by atoms with Gasteiger partial charge in [-0.1, -0.05) is 47.7 Å². The molecule has 3 aromatic rings. The number of benzene rings is 2. The lowest BCUT2D eigenvalue weighted by molar-refractivity contribution is -0.00647. The fourth-order valence-electron chi connectivity index (χ4n) is 3.99. The van der Waals surface area contributed by atoms with Crippen LogP contribution in [0.2, 0.25) is 0 Å². The Labute approximate surface area is 177 Å². The number of hydrogen-bond acceptors (Lipinski definition) is 5. The lowest BCUT2D eigenvalue weighted by Gasteiger charge is -2.43. The summed E-state index contributed by atoms with van der Waals surface area (Å²) in [7, 11) is 0. The van der Waals surface area contributed by atoms with Crippen molar-refractivity contribution in [2.75, 3.05) is 19.6 Å². The number of aromatic nitrogens is 3. The highest BCUT2D eigenvalue weighted by molar-refractivity contribution is 5.74. The molecule has 1 fully saturated rings. The molecule has 2 aromatic carbocycles. The molecule has 2 atom stereocenters. The number of piperazine rings is 1. The quantitative estimate of drug-likeness (QED) is 0.658. The van der Waals surface area contributed by atoms with Crippen molar-refractivity contribution in [3.05, 3.63) is 60.2 Å². The van der Waals surface area contributed by atoms with Gasteiger partial charge in [-0.25, -0.2) is 9.48 Å². The Balaban J connectivity index is 1.64. The van der Waals surface area contributed by atoms with Crippen molar-refractivity contribution in [1.82, 2.24) is 24.8 Å². The summed E-state index contributed by atoms with van der Waals surface area (Å²) >= 11 is 0. The molecule has 7 heteroatoms. The van der Waals surface area contributed by atoms with Crippen LogP contribution in [0, 0.1) is 0 Å². The Kier molecular flexibility index (Phi) is 5.47. The molecule has 7 nitrogen and oxygen atoms in total. The summed E-state index contributed by atoms with van der Waals surface area (Å²) in [6.45, 7) is 9.75. The van der Waals surface area contributed by atoms with E-state index in [1.165, 1.54) is 0 Å². The number of carbonyl (C=O) groups is 1. The first-order chi connectivity index (χ1) is 14.3. The van der Waals surface area contributed by atoms with Gasteiger partial charge in [0, 0.05) is 25.7 Å². The van der Waals surface area contributed by atoms with E-state index >= 15 is 0 Å². The Morgan fingerprint density at radius 3 is 2.47 bits per heavy atom. The maximum absolute atomic E-state index is 12.6. The molecule has 0 N–H and O–H groups in total. The number of nitrogens with zero attached hydrogens (tertiary/aromatic N) is 5. The van der Waals surface area contributed by atoms with Gasteiger partial charge in [0.15, 0.2) is 0 Å². The molecular weight excluding hydrogens is 378 g/mol. The molecule has 1 saturated heterocycles. The number of ether oxygens (including phenoxy) is 1. The standard InChI is InChI=1S/C23H29N5O2/c1-17-16-26(22(29)30-23(2,3)4)14-15-27(17)21(18-10-6-5-7-11-18)28-20-13-9-8-12-19(20)24-25-28/h5-13,17,21H,14-16H2,1-4H3. The Morgan fingerprint density at radius 1 is 1.07 bits per heavy atom. The third kappa shape index (κ3) is 4.16. The number of fused-ring (bicyclic) bond motifs is 1. The molecule has 0 bridgehead atoms. The van der Waals surface area contributed by atoms with Gasteiger partial charge in [0.2, 0.25) is 0 Å². The molecule has 0 radical (unpaired) electrons. The van der Waals surface area contributed by atoms with Gasteiger partial charge in [0.1, 0.15) is 17.3 Å². The zero-order valence-electron chi connectivity index (χ0n) is 18.0. The summed E-state index contributed by atoms with van der Waals surface area (Å²) < 4.78 is 7.57. The van der Waals surface area contributed by atoms with Crippen molar-refractivity contribution in [1.29, 1.82) is 0 Å². The number of para-hydroxylation sites is 1. The average Bonchev–Trinajstić information content (AvgIpc) is 3.13. The molecule has 1 aliphatic heterocycles. The van der Waals surface area contributed by atoms with Gasteiger partial charge in [0.05, 0.1) is 5.52 Å². The number of carbonyl (C=O) groups excluding carboxylic acids is 1. The van der Waals surface area contributed by atoms with E-state index in [4.69, 9.17) is 4.74 Å². The van der Waals surface area contributed by atoms with Gasteiger partial charge in [-0.05, 0) is 45.4 Å². The zero-order valence-corrected chi connectivity index (χ0v) is 18.0. The zero-order chi connectivity index (χ0) is 21.3. The van der Waals surface area contributed by atoms with Crippen LogP contribution in [0.5, 0.6) is 0 Å². The summed E-state index contributed by atoms with van der Waals surface area (Å²) in [6.07, 6.45) is -0.356. The van der Waals surface area contributed by atoms with Crippen LogP contribution in [-0.2, 0) is 4.74 Å². The molecule has 1 amide bonds. The van der Waals surface area contributed by atoms with Crippen molar-refractivity contribution >= 4 is 17.1 Å². The van der Waals surface area contributed by atoms with Crippen LogP contribution in [0.1, 0.15) is 39.4 Å². The van der Waals surface area contributed by atoms with Crippen LogP contribution >= 0.6 is 0 Å². The molecule has 2 unspecified atom stereocenters. The molecule has 1 aromatic heterocycles. The second-order valence-electron chi connectivity index (χ2n) is 8.82. The first kappa shape index (κ1) is 20.3. The first-order valence-corrected chi connectivity index (χ1v) is 10.4. The smallest absolute Gasteiger partial charge is 0.410 e. The predicted molar refractivity (Wildman–Crippen MR) is 116 cm³/mol. The second-order valence-corrected chi connectivity index (χ2v) is 8.82. The van der Waals surface area contributed by atoms with Gasteiger partial charge >= 0.3 is 6.09 Å². The molecule has 158 valence electrons. The minimum Gasteiger partial charge on any atom is -0.444 e. The predicted octanol–water partition coefficient (Wildman–Crippen LogP) is 3.92. The van der Waals surface area contributed by atoms with E-state index in [9.17, 15) is 4.79 Å². The Bertz CT molecular complexity index is 1010. The van der Waals surface area contributed by atoms with Gasteiger partial charge in [0.25, 0.3) is 0 Å². The number of hydrogen-bond donors (Lipinski definition) is 0. The van der Waals surface area contributed by atoms with E-state index in [2.05, 4.69) is 34.3 Å². The maximum atomic E-state index is 12.6. The summed E-state index contributed by atoms with van der Waals surface area (Å²) in [5, 5.41) is 8.87. The van der Waals surface area contributed by atoms with Crippen molar-refractivity contribution in [2.24, 2.45) is 0 Å². The van der Waals surface area contributed by atoms with Crippen molar-refractivity contribution < 1.29 is 9.53 Å². The van der Waals surface area contributed by atoms with E-state index < -0.39 is 5.60 Å². The van der Waals surface area contributed by atoms with Gasteiger partial charge in [-0.3, -0.25) is 4.90 Å². The summed E-state index contributed by atoms with van der Waals surface area (Å²) in [6, 6.07) is 18.5. The van der Waals surface area contributed by atoms with Gasteiger partial charge < -0.3 is 9.64 Å². The number of rotatable bonds is 3. The van der Waals surface area contributed by atoms with Crippen LogP contribution in [0.25, 0.3) is 11.0 Å². The van der Waals surface area contributed by atoms with Crippen LogP contribution in [0.15, 0.2) is 54.6 Å². The topological polar surface area (TPSA) is 63.5 Å². The molecule has 0 spiro atoms. The minimum atomic E-state index is -0.496. The normalized spacial score (nSPS) is 19.1. The Hall–Kier alpha value is -2.93. The van der Waals surface area contributed by atoms with Crippen LogP contribution < -0.4 is 0 Å². The number of amides is 1. The van der Waals surface area contributed by atoms with Gasteiger partial charge in [-0.2, -0.15) is 0 Å². The molecule has 0 aliphatic carbocycles. The summed E-state index contributed by atoms with van der Waals surface area (Å²) in [5.41, 5.74) is 2.52. The van der Waals surface area contributed by atoms with Crippen molar-refractivity contribution in [3.63, 3.8) is 0 Å². The fourth-order valence-corrected chi connectivity index (χ4v) is 3.99. The van der Waals surface area contributed by atoms with E-state index in [0.29, 0.717) is 19.6 Å². The third-order valence-electron chi connectivity index (χ3n) is 5.35. The van der Waals surface area contributed by atoms with E-state index in [-0.39, 0.29) is 18.3 Å². The summed E-state index contributed by atoms with van der Waals surface area (Å²) in [4.78, 5) is 16.8. The summed E-state index contributed by atoms with van der Waals surface area (Å²) in [5.74, 6) is 0. The third-order valence-corrected chi connectivity index (χ3v) is 5.35. The largest absolute Gasteiger partial charge is 0.444 e. The maximum Gasteiger partial charge on any atom is 0.410 e. The SMILES string of the molecule is CC1CN(C(=O)OC(C)(C)C)CCN1C(c1ccccc1)n1nnc2ccccc21. The van der Waals surface area contributed by atoms with Crippen LogP contribution in [0.3, 0.4) is 0 Å². The highest BCUT2D eigenvalue weighted by atomic mass is 16.6. The minimum absolute atomic E-state index is 0.102. The molecule has 2 heterocycles. The van der Waals surface area contributed by atoms with Crippen molar-refractivity contribution in [3.8, 4) is 0 Å². The highest BCUT2D eigenvalue weighted by Gasteiger charge is 2.35. The lowest BCUT2D eigenvalue weighted by atomic mass is 10.1. The molecule has 1 aliphatic rings. The molecule has 30 heavy (non-hydrogen) atoms. The van der Waals surface area contributed by atoms with Crippen molar-refractivity contribution in [2.45, 2.75) is 45.5 Å². The van der Waals surface area contributed by atoms with E-state index in [0.717, 1.165) is 16.6 Å². The average molecular weight is 408 g/mol. The van der Waals surface area contributed by atoms with Gasteiger partial charge in [-0.15, -0.1) is 5.10 Å². The molecule has 0 saturated carbocycles. The first-order valence-electron chi connectivity index (χ1n) is 10.4. The highest BCUT2D eigenvalue weighted by Crippen LogP contribution is 2.29. The molecule has 4 rings (SSSR count). The monoisotopic (exact) mass is 407 g/mol. The van der Waals surface area contributed by atoms with Crippen LogP contribution in [0.4, 0.5) is 4.79 Å². The van der Waals surface area contributed by atoms with E-state index in [1.54, 1.807) is 4.90 Å². The Morgan fingerprint density at radius 2 is 1.77 bits per heavy atom. The second kappa shape index (κ2) is 8.07. The lowest BCUT2D eigenvalue weighted by Crippen LogP contribution is -2.56. The van der Waals surface area contributed by atoms with E-state index in [1.807, 2.05) is 67.9 Å². The molecular formula is C23H29N5O2. The van der Waals surface area contributed by atoms with Crippen LogP contribution in [-0.4, -0.2) is 62.2 Å². The fraction of sp³-hybridized carbons (Fsp3) is 0.435.